The van der Waals surface area contributed by atoms with E-state index in [0.29, 0.717) is 12.2 Å². The lowest BCUT2D eigenvalue weighted by Crippen LogP contribution is -2.56. The van der Waals surface area contributed by atoms with E-state index in [0.717, 1.165) is 11.1 Å². The van der Waals surface area contributed by atoms with Crippen molar-refractivity contribution in [2.24, 2.45) is 0 Å². The Morgan fingerprint density at radius 2 is 1.46 bits per heavy atom. The highest BCUT2D eigenvalue weighted by Gasteiger charge is 2.59. The largest absolute Gasteiger partial charge is 0.459 e. The van der Waals surface area contributed by atoms with Crippen LogP contribution in [0.4, 0.5) is 0 Å². The zero-order valence-electron chi connectivity index (χ0n) is 19.6. The van der Waals surface area contributed by atoms with Gasteiger partial charge in [-0.25, -0.2) is 4.79 Å². The molecule has 4 atom stereocenters. The molecule has 35 heavy (non-hydrogen) atoms. The Bertz CT molecular complexity index is 1040. The smallest absolute Gasteiger partial charge is 0.338 e. The Balaban J connectivity index is 1.54. The molecule has 0 radical (unpaired) electrons. The van der Waals surface area contributed by atoms with Crippen molar-refractivity contribution >= 4 is 5.97 Å². The Hall–Kier alpha value is -3.07. The molecule has 0 amide bonds. The average Bonchev–Trinajstić information content (AvgIpc) is 3.18. The van der Waals surface area contributed by atoms with E-state index in [1.165, 1.54) is 7.11 Å². The van der Waals surface area contributed by atoms with Crippen LogP contribution in [0.15, 0.2) is 91.0 Å². The quantitative estimate of drug-likeness (QED) is 0.420. The van der Waals surface area contributed by atoms with E-state index in [-0.39, 0.29) is 19.8 Å². The maximum absolute atomic E-state index is 12.7. The number of hydrogen-bond donors (Lipinski definition) is 1. The van der Waals surface area contributed by atoms with Crippen LogP contribution in [-0.4, -0.2) is 55.5 Å². The molecule has 0 bridgehead atoms. The van der Waals surface area contributed by atoms with Crippen LogP contribution in [0.3, 0.4) is 0 Å². The van der Waals surface area contributed by atoms with Crippen LogP contribution in [-0.2, 0) is 36.9 Å². The minimum absolute atomic E-state index is 0.101. The summed E-state index contributed by atoms with van der Waals surface area (Å²) in [5, 5.41) is 11.2. The highest BCUT2D eigenvalue weighted by atomic mass is 16.7. The van der Waals surface area contributed by atoms with Crippen LogP contribution in [0.25, 0.3) is 0 Å². The van der Waals surface area contributed by atoms with Crippen molar-refractivity contribution in [3.63, 3.8) is 0 Å². The maximum atomic E-state index is 12.7. The fourth-order valence-electron chi connectivity index (χ4n) is 4.02. The number of hydrogen-bond acceptors (Lipinski definition) is 7. The molecule has 3 aromatic carbocycles. The summed E-state index contributed by atoms with van der Waals surface area (Å²) in [6, 6.07) is 28.0. The number of esters is 1. The van der Waals surface area contributed by atoms with Gasteiger partial charge < -0.3 is 28.8 Å². The highest BCUT2D eigenvalue weighted by Crippen LogP contribution is 2.37. The van der Waals surface area contributed by atoms with Gasteiger partial charge in [0.25, 0.3) is 0 Å². The molecule has 1 aliphatic heterocycles. The molecule has 3 aromatic rings. The third-order valence-corrected chi connectivity index (χ3v) is 6.00. The van der Waals surface area contributed by atoms with E-state index in [4.69, 9.17) is 23.7 Å². The summed E-state index contributed by atoms with van der Waals surface area (Å²) in [5.41, 5.74) is 0.899. The van der Waals surface area contributed by atoms with Crippen LogP contribution < -0.4 is 0 Å². The molecule has 1 aliphatic rings. The Morgan fingerprint density at radius 1 is 0.886 bits per heavy atom. The lowest BCUT2D eigenvalue weighted by atomic mass is 9.93. The molecule has 1 fully saturated rings. The first-order valence-corrected chi connectivity index (χ1v) is 11.5. The van der Waals surface area contributed by atoms with E-state index in [1.54, 1.807) is 24.3 Å². The first-order valence-electron chi connectivity index (χ1n) is 11.5. The number of carbonyl (C=O) groups excluding carboxylic acids is 1. The van der Waals surface area contributed by atoms with Crippen LogP contribution in [0, 0.1) is 0 Å². The number of benzene rings is 3. The van der Waals surface area contributed by atoms with Gasteiger partial charge in [-0.15, -0.1) is 0 Å². The maximum Gasteiger partial charge on any atom is 0.338 e. The van der Waals surface area contributed by atoms with Gasteiger partial charge in [0.1, 0.15) is 18.8 Å². The van der Waals surface area contributed by atoms with Crippen molar-refractivity contribution in [1.29, 1.82) is 0 Å². The molecule has 0 unspecified atom stereocenters. The average molecular weight is 479 g/mol. The molecule has 1 N–H and O–H groups in total. The molecular formula is C28H30O7. The van der Waals surface area contributed by atoms with E-state index in [2.05, 4.69) is 0 Å². The second kappa shape index (κ2) is 12.1. The number of methoxy groups -OCH3 is 1. The fourth-order valence-corrected chi connectivity index (χ4v) is 4.02. The van der Waals surface area contributed by atoms with Crippen molar-refractivity contribution in [1.82, 2.24) is 0 Å². The first kappa shape index (κ1) is 25.0. The van der Waals surface area contributed by atoms with Gasteiger partial charge in [-0.3, -0.25) is 0 Å². The normalized spacial score (nSPS) is 23.8. The second-order valence-corrected chi connectivity index (χ2v) is 8.35. The molecule has 1 saturated heterocycles. The van der Waals surface area contributed by atoms with E-state index in [9.17, 15) is 9.90 Å². The molecule has 0 aliphatic carbocycles. The summed E-state index contributed by atoms with van der Waals surface area (Å²) in [6.45, 7) is 0.389. The number of aliphatic hydroxyl groups is 1. The van der Waals surface area contributed by atoms with Gasteiger partial charge >= 0.3 is 5.97 Å². The molecule has 184 valence electrons. The standard InChI is InChI=1S/C28H30O7/c1-31-27-25(29)28(34-18-22-13-7-3-8-14-22,20-33-26(30)23-15-9-4-10-16-23)24(35-27)19-32-17-21-11-5-2-6-12-21/h2-16,24-25,27,29H,17-20H2,1H3/t24-,25+,27-,28-/m1/s1. The molecule has 0 saturated carbocycles. The van der Waals surface area contributed by atoms with Gasteiger partial charge in [-0.2, -0.15) is 0 Å². The number of ether oxygens (including phenoxy) is 5. The molecule has 7 heteroatoms. The summed E-state index contributed by atoms with van der Waals surface area (Å²) in [5.74, 6) is -0.523. The van der Waals surface area contributed by atoms with Gasteiger partial charge in [0, 0.05) is 7.11 Å². The Morgan fingerprint density at radius 3 is 2.06 bits per heavy atom. The molecule has 4 rings (SSSR count). The molecule has 1 heterocycles. The lowest BCUT2D eigenvalue weighted by Gasteiger charge is -2.35. The van der Waals surface area contributed by atoms with Crippen molar-refractivity contribution in [2.45, 2.75) is 37.3 Å². The van der Waals surface area contributed by atoms with E-state index in [1.807, 2.05) is 66.7 Å². The number of rotatable bonds is 11. The van der Waals surface area contributed by atoms with Crippen LogP contribution in [0.2, 0.25) is 0 Å². The van der Waals surface area contributed by atoms with Crippen molar-refractivity contribution in [3.8, 4) is 0 Å². The van der Waals surface area contributed by atoms with Crippen LogP contribution >= 0.6 is 0 Å². The van der Waals surface area contributed by atoms with Crippen molar-refractivity contribution in [2.75, 3.05) is 20.3 Å². The Labute approximate surface area is 205 Å². The van der Waals surface area contributed by atoms with Gasteiger partial charge in [-0.1, -0.05) is 78.9 Å². The molecule has 0 aromatic heterocycles. The molecule has 7 nitrogen and oxygen atoms in total. The predicted octanol–water partition coefficient (Wildman–Crippen LogP) is 3.75. The van der Waals surface area contributed by atoms with Gasteiger partial charge in [-0.05, 0) is 23.3 Å². The fraction of sp³-hybridized carbons (Fsp3) is 0.321. The van der Waals surface area contributed by atoms with Crippen molar-refractivity contribution < 1.29 is 33.6 Å². The summed E-state index contributed by atoms with van der Waals surface area (Å²) in [6.07, 6.45) is -2.94. The summed E-state index contributed by atoms with van der Waals surface area (Å²) < 4.78 is 29.2. The molecule has 0 spiro atoms. The van der Waals surface area contributed by atoms with Crippen LogP contribution in [0.1, 0.15) is 21.5 Å². The highest BCUT2D eigenvalue weighted by molar-refractivity contribution is 5.89. The SMILES string of the molecule is CO[C@@H]1O[C@H](COCc2ccccc2)[C@@](COC(=O)c2ccccc2)(OCc2ccccc2)[C@H]1O. The minimum atomic E-state index is -1.41. The van der Waals surface area contributed by atoms with Crippen molar-refractivity contribution in [3.05, 3.63) is 108 Å². The van der Waals surface area contributed by atoms with Gasteiger partial charge in [0.2, 0.25) is 0 Å². The summed E-state index contributed by atoms with van der Waals surface area (Å²) in [4.78, 5) is 12.7. The minimum Gasteiger partial charge on any atom is -0.459 e. The van der Waals surface area contributed by atoms with E-state index >= 15 is 0 Å². The van der Waals surface area contributed by atoms with E-state index < -0.39 is 30.1 Å². The van der Waals surface area contributed by atoms with Gasteiger partial charge in [0.05, 0.1) is 25.4 Å². The topological polar surface area (TPSA) is 83.5 Å². The van der Waals surface area contributed by atoms with Crippen LogP contribution in [0.5, 0.6) is 0 Å². The number of carbonyl (C=O) groups is 1. The third kappa shape index (κ3) is 6.14. The monoisotopic (exact) mass is 478 g/mol. The van der Waals surface area contributed by atoms with Gasteiger partial charge in [0.15, 0.2) is 11.9 Å². The molecular weight excluding hydrogens is 448 g/mol. The Kier molecular flexibility index (Phi) is 8.63. The number of aliphatic hydroxyl groups excluding tert-OH is 1. The first-order chi connectivity index (χ1) is 17.1. The lowest BCUT2D eigenvalue weighted by molar-refractivity contribution is -0.172. The zero-order chi connectivity index (χ0) is 24.5. The predicted molar refractivity (Wildman–Crippen MR) is 128 cm³/mol. The zero-order valence-corrected chi connectivity index (χ0v) is 19.6. The third-order valence-electron chi connectivity index (χ3n) is 6.00. The summed E-state index contributed by atoms with van der Waals surface area (Å²) in [7, 11) is 1.44. The second-order valence-electron chi connectivity index (χ2n) is 8.35. The summed E-state index contributed by atoms with van der Waals surface area (Å²) >= 11 is 0.